The molecule has 0 bridgehead atoms. The number of nitrogens with one attached hydrogen (secondary N) is 1. The van der Waals surface area contributed by atoms with Crippen LogP contribution in [0.5, 0.6) is 0 Å². The van der Waals surface area contributed by atoms with Crippen LogP contribution in [0.15, 0.2) is 48.5 Å². The second kappa shape index (κ2) is 5.49. The fraction of sp³-hybridized carbons (Fsp3) is 0.250. The number of benzene rings is 2. The second-order valence-corrected chi connectivity index (χ2v) is 6.26. The lowest BCUT2D eigenvalue weighted by atomic mass is 10.0. The minimum atomic E-state index is -0.174. The first kappa shape index (κ1) is 12.9. The molecule has 0 radical (unpaired) electrons. The van der Waals surface area contributed by atoms with Gasteiger partial charge in [-0.1, -0.05) is 12.1 Å². The minimum absolute atomic E-state index is 0.174. The monoisotopic (exact) mass is 367 g/mol. The van der Waals surface area contributed by atoms with E-state index in [4.69, 9.17) is 0 Å². The lowest BCUT2D eigenvalue weighted by Crippen LogP contribution is -2.12. The quantitative estimate of drug-likeness (QED) is 0.751. The van der Waals surface area contributed by atoms with Gasteiger partial charge in [0.05, 0.1) is 6.04 Å². The maximum Gasteiger partial charge on any atom is 0.123 e. The highest BCUT2D eigenvalue weighted by atomic mass is 127. The molecule has 0 aliphatic heterocycles. The van der Waals surface area contributed by atoms with Crippen LogP contribution >= 0.6 is 22.6 Å². The fourth-order valence-electron chi connectivity index (χ4n) is 2.30. The van der Waals surface area contributed by atoms with Crippen molar-refractivity contribution in [1.29, 1.82) is 0 Å². The molecule has 1 fully saturated rings. The zero-order valence-corrected chi connectivity index (χ0v) is 12.6. The Balaban J connectivity index is 1.81. The van der Waals surface area contributed by atoms with E-state index in [0.717, 1.165) is 5.69 Å². The van der Waals surface area contributed by atoms with Crippen LogP contribution < -0.4 is 5.32 Å². The summed E-state index contributed by atoms with van der Waals surface area (Å²) in [6, 6.07) is 15.5. The van der Waals surface area contributed by atoms with Crippen LogP contribution in [0.3, 0.4) is 0 Å². The number of hydrogen-bond donors (Lipinski definition) is 1. The van der Waals surface area contributed by atoms with E-state index in [1.165, 1.54) is 22.0 Å². The predicted octanol–water partition coefficient (Wildman–Crippen LogP) is 4.99. The standard InChI is InChI=1S/C16H15FIN/c17-13-5-3-12(4-6-13)16(11-1-2-11)19-15-9-7-14(18)8-10-15/h3-11,16,19H,1-2H2. The number of hydrogen-bond acceptors (Lipinski definition) is 1. The van der Waals surface area contributed by atoms with Gasteiger partial charge >= 0.3 is 0 Å². The highest BCUT2D eigenvalue weighted by Crippen LogP contribution is 2.42. The molecular formula is C16H15FIN. The molecule has 3 heteroatoms. The first-order valence-corrected chi connectivity index (χ1v) is 7.58. The van der Waals surface area contributed by atoms with E-state index >= 15 is 0 Å². The molecule has 1 nitrogen and oxygen atoms in total. The van der Waals surface area contributed by atoms with Crippen LogP contribution in [0, 0.1) is 15.3 Å². The first-order chi connectivity index (χ1) is 9.22. The van der Waals surface area contributed by atoms with Crippen LogP contribution in [-0.4, -0.2) is 0 Å². The number of anilines is 1. The maximum atomic E-state index is 13.0. The summed E-state index contributed by atoms with van der Waals surface area (Å²) in [6.07, 6.45) is 2.50. The third-order valence-corrected chi connectivity index (χ3v) is 4.21. The van der Waals surface area contributed by atoms with E-state index in [2.05, 4.69) is 52.2 Å². The molecular weight excluding hydrogens is 352 g/mol. The van der Waals surface area contributed by atoms with Gasteiger partial charge in [0.15, 0.2) is 0 Å². The molecule has 3 rings (SSSR count). The van der Waals surface area contributed by atoms with Crippen molar-refractivity contribution in [2.24, 2.45) is 5.92 Å². The largest absolute Gasteiger partial charge is 0.378 e. The lowest BCUT2D eigenvalue weighted by Gasteiger charge is -2.20. The van der Waals surface area contributed by atoms with Crippen molar-refractivity contribution in [2.45, 2.75) is 18.9 Å². The van der Waals surface area contributed by atoms with Gasteiger partial charge in [0, 0.05) is 9.26 Å². The summed E-state index contributed by atoms with van der Waals surface area (Å²) in [7, 11) is 0. The Morgan fingerprint density at radius 1 is 1.00 bits per heavy atom. The van der Waals surface area contributed by atoms with Crippen molar-refractivity contribution in [3.8, 4) is 0 Å². The third-order valence-electron chi connectivity index (χ3n) is 3.49. The second-order valence-electron chi connectivity index (χ2n) is 5.02. The van der Waals surface area contributed by atoms with Gasteiger partial charge in [0.1, 0.15) is 5.82 Å². The summed E-state index contributed by atoms with van der Waals surface area (Å²) in [5.41, 5.74) is 2.30. The highest BCUT2D eigenvalue weighted by molar-refractivity contribution is 14.1. The molecule has 1 N–H and O–H groups in total. The molecule has 2 aromatic carbocycles. The Morgan fingerprint density at radius 3 is 2.21 bits per heavy atom. The van der Waals surface area contributed by atoms with Gasteiger partial charge in [-0.25, -0.2) is 4.39 Å². The van der Waals surface area contributed by atoms with E-state index < -0.39 is 0 Å². The molecule has 1 atom stereocenters. The van der Waals surface area contributed by atoms with Crippen LogP contribution in [0.4, 0.5) is 10.1 Å². The van der Waals surface area contributed by atoms with Crippen LogP contribution in [0.1, 0.15) is 24.4 Å². The fourth-order valence-corrected chi connectivity index (χ4v) is 2.66. The van der Waals surface area contributed by atoms with Crippen molar-refractivity contribution >= 4 is 28.3 Å². The van der Waals surface area contributed by atoms with Gasteiger partial charge in [-0.3, -0.25) is 0 Å². The molecule has 19 heavy (non-hydrogen) atoms. The predicted molar refractivity (Wildman–Crippen MR) is 84.6 cm³/mol. The van der Waals surface area contributed by atoms with Crippen LogP contribution in [0.2, 0.25) is 0 Å². The first-order valence-electron chi connectivity index (χ1n) is 6.50. The average molecular weight is 367 g/mol. The summed E-state index contributed by atoms with van der Waals surface area (Å²) in [5, 5.41) is 3.58. The van der Waals surface area contributed by atoms with Crippen molar-refractivity contribution in [3.05, 3.63) is 63.5 Å². The molecule has 1 unspecified atom stereocenters. The molecule has 0 saturated heterocycles. The molecule has 98 valence electrons. The summed E-state index contributed by atoms with van der Waals surface area (Å²) >= 11 is 2.30. The van der Waals surface area contributed by atoms with Crippen molar-refractivity contribution in [2.75, 3.05) is 5.32 Å². The average Bonchev–Trinajstić information content (AvgIpc) is 3.24. The Hall–Kier alpha value is -1.10. The summed E-state index contributed by atoms with van der Waals surface area (Å²) < 4.78 is 14.2. The van der Waals surface area contributed by atoms with Gasteiger partial charge in [-0.2, -0.15) is 0 Å². The Labute approximate surface area is 126 Å². The minimum Gasteiger partial charge on any atom is -0.378 e. The number of rotatable bonds is 4. The molecule has 0 heterocycles. The van der Waals surface area contributed by atoms with Gasteiger partial charge < -0.3 is 5.32 Å². The Kier molecular flexibility index (Phi) is 3.73. The van der Waals surface area contributed by atoms with Crippen LogP contribution in [0.25, 0.3) is 0 Å². The molecule has 1 aliphatic carbocycles. The van der Waals surface area contributed by atoms with Crippen molar-refractivity contribution in [3.63, 3.8) is 0 Å². The van der Waals surface area contributed by atoms with Crippen LogP contribution in [-0.2, 0) is 0 Å². The third kappa shape index (κ3) is 3.26. The summed E-state index contributed by atoms with van der Waals surface area (Å²) in [5.74, 6) is 0.498. The summed E-state index contributed by atoms with van der Waals surface area (Å²) in [6.45, 7) is 0. The molecule has 1 aliphatic rings. The molecule has 2 aromatic rings. The summed E-state index contributed by atoms with van der Waals surface area (Å²) in [4.78, 5) is 0. The van der Waals surface area contributed by atoms with E-state index in [1.807, 2.05) is 12.1 Å². The van der Waals surface area contributed by atoms with E-state index in [1.54, 1.807) is 12.1 Å². The Morgan fingerprint density at radius 2 is 1.63 bits per heavy atom. The zero-order chi connectivity index (χ0) is 13.2. The molecule has 1 saturated carbocycles. The smallest absolute Gasteiger partial charge is 0.123 e. The lowest BCUT2D eigenvalue weighted by molar-refractivity contribution is 0.622. The topological polar surface area (TPSA) is 12.0 Å². The normalized spacial score (nSPS) is 16.1. The Bertz CT molecular complexity index is 546. The SMILES string of the molecule is Fc1ccc(C(Nc2ccc(I)cc2)C2CC2)cc1. The van der Waals surface area contributed by atoms with Crippen molar-refractivity contribution in [1.82, 2.24) is 0 Å². The van der Waals surface area contributed by atoms with Gasteiger partial charge in [0.25, 0.3) is 0 Å². The van der Waals surface area contributed by atoms with Gasteiger partial charge in [-0.15, -0.1) is 0 Å². The van der Waals surface area contributed by atoms with E-state index in [9.17, 15) is 4.39 Å². The molecule has 0 spiro atoms. The van der Waals surface area contributed by atoms with E-state index in [0.29, 0.717) is 12.0 Å². The molecule has 0 aromatic heterocycles. The maximum absolute atomic E-state index is 13.0. The van der Waals surface area contributed by atoms with E-state index in [-0.39, 0.29) is 5.82 Å². The van der Waals surface area contributed by atoms with Crippen molar-refractivity contribution < 1.29 is 4.39 Å². The number of halogens is 2. The zero-order valence-electron chi connectivity index (χ0n) is 10.4. The highest BCUT2D eigenvalue weighted by Gasteiger charge is 2.32. The van der Waals surface area contributed by atoms with Gasteiger partial charge in [0.2, 0.25) is 0 Å². The van der Waals surface area contributed by atoms with Gasteiger partial charge in [-0.05, 0) is 83.3 Å². The molecule has 0 amide bonds.